The van der Waals surface area contributed by atoms with Crippen LogP contribution in [0, 0.1) is 5.82 Å². The number of alkyl carbamates (subject to hydrolysis) is 1. The Kier molecular flexibility index (Phi) is 5.82. The molecule has 0 heterocycles. The fourth-order valence-electron chi connectivity index (χ4n) is 3.88. The highest BCUT2D eigenvalue weighted by Gasteiger charge is 2.37. The second kappa shape index (κ2) is 7.95. The van der Waals surface area contributed by atoms with Crippen molar-refractivity contribution in [2.45, 2.75) is 83.0 Å². The molecule has 0 aromatic heterocycles. The summed E-state index contributed by atoms with van der Waals surface area (Å²) in [4.78, 5) is 14.4. The van der Waals surface area contributed by atoms with E-state index in [4.69, 9.17) is 9.47 Å². The number of benzene rings is 1. The quantitative estimate of drug-likeness (QED) is 0.811. The Morgan fingerprint density at radius 1 is 1.11 bits per heavy atom. The third-order valence-corrected chi connectivity index (χ3v) is 5.17. The van der Waals surface area contributed by atoms with E-state index >= 15 is 0 Å². The van der Waals surface area contributed by atoms with Gasteiger partial charge in [0.1, 0.15) is 17.2 Å². The van der Waals surface area contributed by atoms with Gasteiger partial charge >= 0.3 is 6.09 Å². The molecule has 0 aliphatic heterocycles. The molecule has 0 radical (unpaired) electrons. The second-order valence-corrected chi connectivity index (χ2v) is 8.61. The molecule has 2 aliphatic rings. The SMILES string of the molecule is COc1cc(F)ccc1N(C1CCC(NC(=O)OC(C)(C)C)CC1)C1CC1. The van der Waals surface area contributed by atoms with Gasteiger partial charge in [0, 0.05) is 24.2 Å². The number of anilines is 1. The Morgan fingerprint density at radius 2 is 1.70 bits per heavy atom. The van der Waals surface area contributed by atoms with Crippen LogP contribution in [0.4, 0.5) is 14.9 Å². The molecule has 2 saturated carbocycles. The van der Waals surface area contributed by atoms with Crippen molar-refractivity contribution in [1.29, 1.82) is 0 Å². The molecule has 1 amide bonds. The van der Waals surface area contributed by atoms with Gasteiger partial charge in [-0.1, -0.05) is 0 Å². The Hall–Kier alpha value is -1.98. The molecule has 3 rings (SSSR count). The molecule has 0 bridgehead atoms. The lowest BCUT2D eigenvalue weighted by Gasteiger charge is -2.39. The molecule has 1 aromatic carbocycles. The number of carbonyl (C=O) groups excluding carboxylic acids is 1. The van der Waals surface area contributed by atoms with Crippen LogP contribution >= 0.6 is 0 Å². The van der Waals surface area contributed by atoms with E-state index in [0.29, 0.717) is 17.8 Å². The Morgan fingerprint density at radius 3 is 2.22 bits per heavy atom. The first-order chi connectivity index (χ1) is 12.8. The van der Waals surface area contributed by atoms with Crippen molar-refractivity contribution in [3.05, 3.63) is 24.0 Å². The van der Waals surface area contributed by atoms with Crippen LogP contribution in [0.3, 0.4) is 0 Å². The number of halogens is 1. The minimum Gasteiger partial charge on any atom is -0.494 e. The zero-order chi connectivity index (χ0) is 19.6. The van der Waals surface area contributed by atoms with Crippen LogP contribution < -0.4 is 15.0 Å². The molecule has 0 spiro atoms. The maximum absolute atomic E-state index is 13.6. The number of amides is 1. The van der Waals surface area contributed by atoms with E-state index in [1.54, 1.807) is 7.11 Å². The van der Waals surface area contributed by atoms with E-state index in [2.05, 4.69) is 10.2 Å². The first kappa shape index (κ1) is 19.8. The average Bonchev–Trinajstić information content (AvgIpc) is 3.41. The number of carbonyl (C=O) groups is 1. The molecule has 2 fully saturated rings. The Balaban J connectivity index is 1.62. The molecule has 1 aromatic rings. The van der Waals surface area contributed by atoms with Crippen LogP contribution in [0.25, 0.3) is 0 Å². The Bertz CT molecular complexity index is 662. The highest BCUT2D eigenvalue weighted by Crippen LogP contribution is 2.41. The van der Waals surface area contributed by atoms with Crippen molar-refractivity contribution in [3.8, 4) is 5.75 Å². The van der Waals surface area contributed by atoms with E-state index in [-0.39, 0.29) is 18.0 Å². The van der Waals surface area contributed by atoms with Crippen LogP contribution in [0.1, 0.15) is 59.3 Å². The standard InChI is InChI=1S/C21H31FN2O3/c1-21(2,3)27-20(25)23-15-6-8-16(9-7-15)24(17-10-11-17)18-12-5-14(22)13-19(18)26-4/h5,12-13,15-17H,6-11H2,1-4H3,(H,23,25). The number of hydrogen-bond acceptors (Lipinski definition) is 4. The first-order valence-electron chi connectivity index (χ1n) is 9.88. The van der Waals surface area contributed by atoms with Crippen molar-refractivity contribution in [2.24, 2.45) is 0 Å². The summed E-state index contributed by atoms with van der Waals surface area (Å²) in [5.41, 5.74) is 0.494. The average molecular weight is 378 g/mol. The number of ether oxygens (including phenoxy) is 2. The largest absolute Gasteiger partial charge is 0.494 e. The summed E-state index contributed by atoms with van der Waals surface area (Å²) < 4.78 is 24.4. The van der Waals surface area contributed by atoms with E-state index in [0.717, 1.165) is 44.2 Å². The molecule has 27 heavy (non-hydrogen) atoms. The van der Waals surface area contributed by atoms with Gasteiger partial charge in [0.05, 0.1) is 12.8 Å². The lowest BCUT2D eigenvalue weighted by molar-refractivity contribution is 0.0491. The summed E-state index contributed by atoms with van der Waals surface area (Å²) in [5.74, 6) is 0.313. The third-order valence-electron chi connectivity index (χ3n) is 5.17. The molecule has 0 unspecified atom stereocenters. The van der Waals surface area contributed by atoms with Crippen LogP contribution in [0.15, 0.2) is 18.2 Å². The van der Waals surface area contributed by atoms with Gasteiger partial charge in [0.15, 0.2) is 0 Å². The zero-order valence-corrected chi connectivity index (χ0v) is 16.8. The van der Waals surface area contributed by atoms with Gasteiger partial charge in [0.25, 0.3) is 0 Å². The van der Waals surface area contributed by atoms with Gasteiger partial charge in [-0.3, -0.25) is 0 Å². The molecule has 2 aliphatic carbocycles. The number of rotatable bonds is 5. The van der Waals surface area contributed by atoms with Crippen LogP contribution in [0.5, 0.6) is 5.75 Å². The summed E-state index contributed by atoms with van der Waals surface area (Å²) in [6.07, 6.45) is 5.78. The topological polar surface area (TPSA) is 50.8 Å². The predicted molar refractivity (Wildman–Crippen MR) is 104 cm³/mol. The van der Waals surface area contributed by atoms with Crippen LogP contribution in [-0.2, 0) is 4.74 Å². The van der Waals surface area contributed by atoms with Crippen molar-refractivity contribution in [1.82, 2.24) is 5.32 Å². The normalized spacial score (nSPS) is 22.9. The molecule has 150 valence electrons. The summed E-state index contributed by atoms with van der Waals surface area (Å²) in [6, 6.07) is 5.83. The highest BCUT2D eigenvalue weighted by molar-refractivity contribution is 5.68. The van der Waals surface area contributed by atoms with Crippen LogP contribution in [0.2, 0.25) is 0 Å². The van der Waals surface area contributed by atoms with Gasteiger partial charge < -0.3 is 19.7 Å². The lowest BCUT2D eigenvalue weighted by Crippen LogP contribution is -2.46. The zero-order valence-electron chi connectivity index (χ0n) is 16.8. The third kappa shape index (κ3) is 5.27. The maximum Gasteiger partial charge on any atom is 0.407 e. The van der Waals surface area contributed by atoms with E-state index < -0.39 is 5.60 Å². The van der Waals surface area contributed by atoms with Gasteiger partial charge in [0.2, 0.25) is 0 Å². The maximum atomic E-state index is 13.6. The fraction of sp³-hybridized carbons (Fsp3) is 0.667. The summed E-state index contributed by atoms with van der Waals surface area (Å²) in [7, 11) is 1.59. The molecule has 5 nitrogen and oxygen atoms in total. The van der Waals surface area contributed by atoms with E-state index in [9.17, 15) is 9.18 Å². The van der Waals surface area contributed by atoms with E-state index in [1.165, 1.54) is 12.1 Å². The minimum absolute atomic E-state index is 0.146. The Labute approximate surface area is 161 Å². The summed E-state index contributed by atoms with van der Waals surface area (Å²) in [6.45, 7) is 5.60. The fourth-order valence-corrected chi connectivity index (χ4v) is 3.88. The molecule has 0 atom stereocenters. The minimum atomic E-state index is -0.483. The smallest absolute Gasteiger partial charge is 0.407 e. The van der Waals surface area contributed by atoms with Crippen LogP contribution in [-0.4, -0.2) is 36.9 Å². The lowest BCUT2D eigenvalue weighted by atomic mass is 9.89. The van der Waals surface area contributed by atoms with Crippen molar-refractivity contribution in [3.63, 3.8) is 0 Å². The molecular weight excluding hydrogens is 347 g/mol. The summed E-state index contributed by atoms with van der Waals surface area (Å²) >= 11 is 0. The number of nitrogens with zero attached hydrogens (tertiary/aromatic N) is 1. The van der Waals surface area contributed by atoms with Gasteiger partial charge in [-0.2, -0.15) is 0 Å². The second-order valence-electron chi connectivity index (χ2n) is 8.61. The van der Waals surface area contributed by atoms with Crippen molar-refractivity contribution < 1.29 is 18.7 Å². The predicted octanol–water partition coefficient (Wildman–Crippen LogP) is 4.64. The number of nitrogens with one attached hydrogen (secondary N) is 1. The molecule has 0 saturated heterocycles. The molecule has 6 heteroatoms. The first-order valence-corrected chi connectivity index (χ1v) is 9.88. The van der Waals surface area contributed by atoms with Gasteiger partial charge in [-0.05, 0) is 71.4 Å². The molecular formula is C21H31FN2O3. The number of methoxy groups -OCH3 is 1. The highest BCUT2D eigenvalue weighted by atomic mass is 19.1. The molecule has 1 N–H and O–H groups in total. The summed E-state index contributed by atoms with van der Waals surface area (Å²) in [5, 5.41) is 3.00. The van der Waals surface area contributed by atoms with Gasteiger partial charge in [-0.15, -0.1) is 0 Å². The monoisotopic (exact) mass is 378 g/mol. The van der Waals surface area contributed by atoms with Crippen molar-refractivity contribution in [2.75, 3.05) is 12.0 Å². The van der Waals surface area contributed by atoms with Gasteiger partial charge in [-0.25, -0.2) is 9.18 Å². The number of hydrogen-bond donors (Lipinski definition) is 1. The van der Waals surface area contributed by atoms with E-state index in [1.807, 2.05) is 26.8 Å². The van der Waals surface area contributed by atoms with Crippen molar-refractivity contribution >= 4 is 11.8 Å².